The van der Waals surface area contributed by atoms with Crippen LogP contribution in [0, 0.1) is 0 Å². The summed E-state index contributed by atoms with van der Waals surface area (Å²) in [5, 5.41) is 50.2. The predicted octanol–water partition coefficient (Wildman–Crippen LogP) is -1.03. The van der Waals surface area contributed by atoms with Crippen LogP contribution >= 0.6 is 24.1 Å². The number of hydrogen-bond donors (Lipinski definition) is 6. The molecular weight excluding hydrogens is 585 g/mol. The van der Waals surface area contributed by atoms with Crippen molar-refractivity contribution in [3.63, 3.8) is 0 Å². The SMILES string of the molecule is CCCCOC[C@H]1O[C@H](OC)[C@@](O)([PH](=O)OCC(=O)O)[C@](O)([PH](=O)OCC(=O)O)[C@@]1(O)[PH](=O)OCC(=O)O. The zero-order valence-corrected chi connectivity index (χ0v) is 23.2. The molecule has 0 aromatic heterocycles. The number of carbonyl (C=O) groups is 3. The van der Waals surface area contributed by atoms with Crippen LogP contribution in [0.5, 0.6) is 0 Å². The Kier molecular flexibility index (Phi) is 13.7. The van der Waals surface area contributed by atoms with Crippen molar-refractivity contribution < 1.29 is 86.5 Å². The Morgan fingerprint density at radius 1 is 0.816 bits per heavy atom. The van der Waals surface area contributed by atoms with E-state index in [2.05, 4.69) is 13.6 Å². The van der Waals surface area contributed by atoms with Crippen LogP contribution in [0.15, 0.2) is 0 Å². The fourth-order valence-electron chi connectivity index (χ4n) is 3.40. The molecule has 1 aliphatic rings. The van der Waals surface area contributed by atoms with Crippen LogP contribution in [0.4, 0.5) is 0 Å². The number of methoxy groups -OCH3 is 1. The van der Waals surface area contributed by atoms with Gasteiger partial charge in [-0.1, -0.05) is 13.3 Å². The van der Waals surface area contributed by atoms with Crippen LogP contribution in [0.2, 0.25) is 0 Å². The number of hydrogen-bond acceptors (Lipinski definition) is 15. The highest BCUT2D eigenvalue weighted by molar-refractivity contribution is 7.49. The highest BCUT2D eigenvalue weighted by atomic mass is 31.1. The molecule has 0 bridgehead atoms. The van der Waals surface area contributed by atoms with Crippen LogP contribution in [-0.4, -0.2) is 117 Å². The number of aliphatic hydroxyl groups is 3. The molecule has 6 N–H and O–H groups in total. The van der Waals surface area contributed by atoms with Crippen molar-refractivity contribution in [3.05, 3.63) is 0 Å². The summed E-state index contributed by atoms with van der Waals surface area (Å²) in [7, 11) is -12.8. The molecule has 222 valence electrons. The van der Waals surface area contributed by atoms with Gasteiger partial charge in [0, 0.05) is 13.7 Å². The van der Waals surface area contributed by atoms with E-state index < -0.39 is 96.8 Å². The molecule has 1 aliphatic heterocycles. The summed E-state index contributed by atoms with van der Waals surface area (Å²) in [5.74, 6) is -5.17. The average molecular weight is 616 g/mol. The van der Waals surface area contributed by atoms with Crippen LogP contribution in [0.3, 0.4) is 0 Å². The first-order chi connectivity index (χ1) is 17.6. The van der Waals surface area contributed by atoms with E-state index in [1.165, 1.54) is 0 Å². The summed E-state index contributed by atoms with van der Waals surface area (Å²) in [6.07, 6.45) is -3.39. The molecular formula is C17H31O18P3. The van der Waals surface area contributed by atoms with E-state index in [1.54, 1.807) is 6.92 Å². The summed E-state index contributed by atoms with van der Waals surface area (Å²) in [4.78, 5) is 32.9. The van der Waals surface area contributed by atoms with Crippen molar-refractivity contribution >= 4 is 42.0 Å². The summed E-state index contributed by atoms with van der Waals surface area (Å²) in [6, 6.07) is 0. The lowest BCUT2D eigenvalue weighted by Gasteiger charge is -2.57. The second-order valence-electron chi connectivity index (χ2n) is 7.77. The smallest absolute Gasteiger partial charge is 0.330 e. The van der Waals surface area contributed by atoms with Crippen LogP contribution in [0.1, 0.15) is 19.8 Å². The molecule has 0 aliphatic carbocycles. The van der Waals surface area contributed by atoms with Crippen molar-refractivity contribution in [2.24, 2.45) is 0 Å². The average Bonchev–Trinajstić information content (AvgIpc) is 2.86. The Labute approximate surface area is 217 Å². The Morgan fingerprint density at radius 3 is 1.68 bits per heavy atom. The van der Waals surface area contributed by atoms with E-state index in [9.17, 15) is 43.4 Å². The van der Waals surface area contributed by atoms with Gasteiger partial charge in [0.2, 0.25) is 40.1 Å². The monoisotopic (exact) mass is 616 g/mol. The third-order valence-electron chi connectivity index (χ3n) is 5.22. The van der Waals surface area contributed by atoms with Gasteiger partial charge in [-0.05, 0) is 6.42 Å². The van der Waals surface area contributed by atoms with Crippen molar-refractivity contribution in [3.8, 4) is 0 Å². The Hall–Kier alpha value is -1.26. The van der Waals surface area contributed by atoms with Crippen molar-refractivity contribution in [2.75, 3.05) is 40.1 Å². The van der Waals surface area contributed by atoms with Gasteiger partial charge in [0.1, 0.15) is 6.10 Å². The summed E-state index contributed by atoms with van der Waals surface area (Å²) in [5.41, 5.74) is 0. The van der Waals surface area contributed by atoms with Crippen molar-refractivity contribution in [1.29, 1.82) is 0 Å². The number of ether oxygens (including phenoxy) is 3. The van der Waals surface area contributed by atoms with Crippen LogP contribution < -0.4 is 0 Å². The second-order valence-corrected chi connectivity index (χ2v) is 12.6. The lowest BCUT2D eigenvalue weighted by molar-refractivity contribution is -0.337. The Balaban J connectivity index is 3.87. The Bertz CT molecular complexity index is 930. The fraction of sp³-hybridized carbons (Fsp3) is 0.824. The third kappa shape index (κ3) is 7.27. The molecule has 0 saturated carbocycles. The first-order valence-electron chi connectivity index (χ1n) is 10.7. The first kappa shape index (κ1) is 34.8. The van der Waals surface area contributed by atoms with Gasteiger partial charge in [0.05, 0.1) is 6.61 Å². The molecule has 21 heteroatoms. The minimum absolute atomic E-state index is 0.00666. The molecule has 38 heavy (non-hydrogen) atoms. The molecule has 0 amide bonds. The molecule has 1 rings (SSSR count). The van der Waals surface area contributed by atoms with Gasteiger partial charge in [-0.15, -0.1) is 0 Å². The van der Waals surface area contributed by atoms with Gasteiger partial charge < -0.3 is 58.4 Å². The minimum Gasteiger partial charge on any atom is -0.480 e. The molecule has 3 unspecified atom stereocenters. The highest BCUT2D eigenvalue weighted by Gasteiger charge is 2.80. The topological polar surface area (TPSA) is 279 Å². The lowest BCUT2D eigenvalue weighted by atomic mass is 9.96. The van der Waals surface area contributed by atoms with E-state index in [1.807, 2.05) is 0 Å². The molecule has 8 atom stereocenters. The molecule has 0 radical (unpaired) electrons. The first-order valence-corrected chi connectivity index (χ1v) is 14.7. The molecule has 18 nitrogen and oxygen atoms in total. The molecule has 0 aromatic carbocycles. The van der Waals surface area contributed by atoms with Gasteiger partial charge in [-0.25, -0.2) is 14.4 Å². The molecule has 0 spiro atoms. The second kappa shape index (κ2) is 14.9. The van der Waals surface area contributed by atoms with Gasteiger partial charge in [-0.3, -0.25) is 13.7 Å². The maximum atomic E-state index is 13.3. The fourth-order valence-corrected chi connectivity index (χ4v) is 8.83. The number of carboxylic acid groups (broad SMARTS) is 3. The normalized spacial score (nSPS) is 31.8. The van der Waals surface area contributed by atoms with Crippen molar-refractivity contribution in [1.82, 2.24) is 0 Å². The molecule has 0 aromatic rings. The van der Waals surface area contributed by atoms with E-state index in [4.69, 9.17) is 29.5 Å². The van der Waals surface area contributed by atoms with Crippen LogP contribution in [0.25, 0.3) is 0 Å². The van der Waals surface area contributed by atoms with E-state index in [0.717, 1.165) is 7.11 Å². The van der Waals surface area contributed by atoms with Crippen LogP contribution in [-0.2, 0) is 55.9 Å². The predicted molar refractivity (Wildman–Crippen MR) is 124 cm³/mol. The van der Waals surface area contributed by atoms with E-state index in [-0.39, 0.29) is 6.61 Å². The van der Waals surface area contributed by atoms with Gasteiger partial charge in [0.15, 0.2) is 26.1 Å². The van der Waals surface area contributed by atoms with Gasteiger partial charge in [0.25, 0.3) is 0 Å². The molecule has 1 saturated heterocycles. The summed E-state index contributed by atoms with van der Waals surface area (Å²) >= 11 is 0. The number of carboxylic acids is 3. The Morgan fingerprint density at radius 2 is 1.26 bits per heavy atom. The van der Waals surface area contributed by atoms with Gasteiger partial charge >= 0.3 is 17.9 Å². The van der Waals surface area contributed by atoms with Crippen molar-refractivity contribution in [2.45, 2.75) is 48.2 Å². The quantitative estimate of drug-likeness (QED) is 0.0792. The molecule has 1 heterocycles. The molecule has 1 fully saturated rings. The highest BCUT2D eigenvalue weighted by Crippen LogP contribution is 2.70. The van der Waals surface area contributed by atoms with Gasteiger partial charge in [-0.2, -0.15) is 0 Å². The minimum atomic E-state index is -4.67. The summed E-state index contributed by atoms with van der Waals surface area (Å²) < 4.78 is 69.1. The summed E-state index contributed by atoms with van der Waals surface area (Å²) in [6.45, 7) is -3.12. The largest absolute Gasteiger partial charge is 0.480 e. The third-order valence-corrected chi connectivity index (χ3v) is 10.8. The standard InChI is InChI=1S/C17H31O18P3/c1-3-4-5-31-6-10-15(24,36(27)32-7-11(18)19)17(26,38(29)34-9-13(22)23)16(25,14(30-2)35-10)37(28)33-8-12(20)21/h10,14,24-26,36-38H,3-9H2,1-2H3,(H,18,19)(H,20,21)(H,22,23)/t10-,14+,15+,16-,17-/m1/s1. The van der Waals surface area contributed by atoms with E-state index in [0.29, 0.717) is 12.8 Å². The van der Waals surface area contributed by atoms with E-state index >= 15 is 0 Å². The maximum absolute atomic E-state index is 13.3. The zero-order valence-electron chi connectivity index (χ0n) is 20.2. The number of rotatable bonds is 18. The lowest BCUT2D eigenvalue weighted by Crippen LogP contribution is -2.77. The zero-order chi connectivity index (χ0) is 29.3. The number of unbranched alkanes of at least 4 members (excludes halogenated alkanes) is 1. The maximum Gasteiger partial charge on any atom is 0.330 e. The number of aliphatic carboxylic acids is 3.